The minimum atomic E-state index is -0.393. The molecule has 0 radical (unpaired) electrons. The lowest BCUT2D eigenvalue weighted by molar-refractivity contribution is -0.127. The molecule has 2 N–H and O–H groups in total. The molecule has 1 amide bonds. The number of aromatic nitrogens is 2. The number of Topliss-reactive ketones (excluding diaryl/α,β-unsaturated/α-hetero) is 1. The van der Waals surface area contributed by atoms with E-state index in [2.05, 4.69) is 32.9 Å². The van der Waals surface area contributed by atoms with Gasteiger partial charge in [-0.2, -0.15) is 11.3 Å². The maximum atomic E-state index is 13.2. The van der Waals surface area contributed by atoms with Crippen LogP contribution in [0.3, 0.4) is 0 Å². The summed E-state index contributed by atoms with van der Waals surface area (Å²) >= 11 is 1.64. The summed E-state index contributed by atoms with van der Waals surface area (Å²) in [5.41, 5.74) is 3.38. The van der Waals surface area contributed by atoms with E-state index in [9.17, 15) is 9.59 Å². The number of amides is 1. The lowest BCUT2D eigenvalue weighted by Gasteiger charge is -2.28. The molecule has 1 aliphatic heterocycles. The maximum absolute atomic E-state index is 13.2. The van der Waals surface area contributed by atoms with Crippen LogP contribution in [0.4, 0.5) is 0 Å². The summed E-state index contributed by atoms with van der Waals surface area (Å²) in [7, 11) is 1.62. The van der Waals surface area contributed by atoms with Gasteiger partial charge in [-0.3, -0.25) is 9.59 Å². The second-order valence-electron chi connectivity index (χ2n) is 8.19. The van der Waals surface area contributed by atoms with Crippen LogP contribution < -0.4 is 10.6 Å². The second kappa shape index (κ2) is 7.56. The first-order valence-electron chi connectivity index (χ1n) is 9.32. The van der Waals surface area contributed by atoms with Gasteiger partial charge in [0.2, 0.25) is 5.91 Å². The first kappa shape index (κ1) is 19.8. The van der Waals surface area contributed by atoms with E-state index in [1.54, 1.807) is 18.4 Å². The first-order chi connectivity index (χ1) is 12.7. The third kappa shape index (κ3) is 3.84. The van der Waals surface area contributed by atoms with Crippen molar-refractivity contribution in [2.24, 2.45) is 11.3 Å². The zero-order valence-corrected chi connectivity index (χ0v) is 17.5. The zero-order valence-electron chi connectivity index (χ0n) is 16.7. The molecule has 27 heavy (non-hydrogen) atoms. The van der Waals surface area contributed by atoms with Crippen LogP contribution in [0.2, 0.25) is 0 Å². The molecule has 0 saturated heterocycles. The summed E-state index contributed by atoms with van der Waals surface area (Å²) in [6.45, 7) is 10.3. The van der Waals surface area contributed by atoms with Crippen LogP contribution in [0.5, 0.6) is 0 Å². The monoisotopic (exact) mass is 388 g/mol. The molecule has 0 unspecified atom stereocenters. The Bertz CT molecular complexity index is 860. The molecule has 146 valence electrons. The number of ketones is 1. The molecular formula is C20H28N4O2S. The average Bonchev–Trinajstić information content (AvgIpc) is 3.21. The Morgan fingerprint density at radius 3 is 2.70 bits per heavy atom. The van der Waals surface area contributed by atoms with E-state index in [0.717, 1.165) is 30.2 Å². The maximum Gasteiger partial charge on any atom is 0.223 e. The van der Waals surface area contributed by atoms with Gasteiger partial charge in [-0.05, 0) is 23.3 Å². The normalized spacial score (nSPS) is 15.3. The van der Waals surface area contributed by atoms with E-state index < -0.39 is 5.92 Å². The summed E-state index contributed by atoms with van der Waals surface area (Å²) < 4.78 is 2.16. The van der Waals surface area contributed by atoms with Crippen molar-refractivity contribution in [1.29, 1.82) is 0 Å². The Morgan fingerprint density at radius 1 is 1.37 bits per heavy atom. The SMILES string of the molecule is CNC(=O)[C@@H](CC(=O)c1nc(-c2cscc2C)n2c1CNCC2)C(C)(C)C. The quantitative estimate of drug-likeness (QED) is 0.772. The van der Waals surface area contributed by atoms with Gasteiger partial charge >= 0.3 is 0 Å². The Morgan fingerprint density at radius 2 is 2.11 bits per heavy atom. The zero-order chi connectivity index (χ0) is 19.8. The van der Waals surface area contributed by atoms with Gasteiger partial charge in [-0.1, -0.05) is 20.8 Å². The number of fused-ring (bicyclic) bond motifs is 1. The molecule has 2 aromatic heterocycles. The number of carbonyl (C=O) groups is 2. The van der Waals surface area contributed by atoms with Crippen molar-refractivity contribution in [2.45, 2.75) is 47.2 Å². The van der Waals surface area contributed by atoms with Crippen molar-refractivity contribution in [1.82, 2.24) is 20.2 Å². The fourth-order valence-corrected chi connectivity index (χ4v) is 4.40. The fourth-order valence-electron chi connectivity index (χ4n) is 3.57. The van der Waals surface area contributed by atoms with Crippen LogP contribution in [0.25, 0.3) is 11.4 Å². The first-order valence-corrected chi connectivity index (χ1v) is 10.3. The summed E-state index contributed by atoms with van der Waals surface area (Å²) in [5, 5.41) is 10.2. The molecule has 0 spiro atoms. The molecule has 0 aromatic carbocycles. The van der Waals surface area contributed by atoms with E-state index in [4.69, 9.17) is 4.98 Å². The van der Waals surface area contributed by atoms with Crippen molar-refractivity contribution in [2.75, 3.05) is 13.6 Å². The highest BCUT2D eigenvalue weighted by Crippen LogP contribution is 2.33. The van der Waals surface area contributed by atoms with Crippen molar-refractivity contribution in [3.05, 3.63) is 27.7 Å². The van der Waals surface area contributed by atoms with Crippen LogP contribution in [0.1, 0.15) is 48.9 Å². The van der Waals surface area contributed by atoms with Crippen molar-refractivity contribution >= 4 is 23.0 Å². The predicted octanol–water partition coefficient (Wildman–Crippen LogP) is 3.00. The smallest absolute Gasteiger partial charge is 0.223 e. The van der Waals surface area contributed by atoms with E-state index in [0.29, 0.717) is 12.2 Å². The molecule has 0 bridgehead atoms. The molecule has 0 saturated carbocycles. The number of thiophene rings is 1. The Kier molecular flexibility index (Phi) is 5.53. The van der Waals surface area contributed by atoms with E-state index in [-0.39, 0.29) is 23.5 Å². The molecular weight excluding hydrogens is 360 g/mol. The molecule has 0 fully saturated rings. The topological polar surface area (TPSA) is 76.0 Å². The summed E-state index contributed by atoms with van der Waals surface area (Å²) in [4.78, 5) is 30.3. The number of hydrogen-bond donors (Lipinski definition) is 2. The molecule has 3 heterocycles. The number of aryl methyl sites for hydroxylation is 1. The number of carbonyl (C=O) groups excluding carboxylic acids is 2. The van der Waals surface area contributed by atoms with Crippen LogP contribution in [0.15, 0.2) is 10.8 Å². The van der Waals surface area contributed by atoms with Crippen molar-refractivity contribution in [3.8, 4) is 11.4 Å². The molecule has 0 aliphatic carbocycles. The third-order valence-electron chi connectivity index (χ3n) is 5.24. The van der Waals surface area contributed by atoms with E-state index in [1.807, 2.05) is 20.8 Å². The summed E-state index contributed by atoms with van der Waals surface area (Å²) in [6, 6.07) is 0. The number of imidazole rings is 1. The van der Waals surface area contributed by atoms with E-state index >= 15 is 0 Å². The molecule has 1 aliphatic rings. The number of nitrogens with one attached hydrogen (secondary N) is 2. The van der Waals surface area contributed by atoms with Gasteiger partial charge in [-0.25, -0.2) is 4.98 Å². The van der Waals surface area contributed by atoms with Crippen LogP contribution in [-0.2, 0) is 17.9 Å². The lowest BCUT2D eigenvalue weighted by atomic mass is 9.77. The van der Waals surface area contributed by atoms with Gasteiger partial charge in [0, 0.05) is 44.0 Å². The molecule has 7 heteroatoms. The Hall–Kier alpha value is -1.99. The molecule has 2 aromatic rings. The summed E-state index contributed by atoms with van der Waals surface area (Å²) in [6.07, 6.45) is 0.162. The van der Waals surface area contributed by atoms with Gasteiger partial charge in [0.15, 0.2) is 5.78 Å². The highest BCUT2D eigenvalue weighted by atomic mass is 32.1. The molecule has 6 nitrogen and oxygen atoms in total. The largest absolute Gasteiger partial charge is 0.359 e. The standard InChI is InChI=1S/C20H28N4O2S/c1-12-10-27-11-13(12)18-23-17(15-9-22-6-7-24(15)18)16(25)8-14(19(26)21-5)20(2,3)4/h10-11,14,22H,6-9H2,1-5H3,(H,21,26)/t14-/m1/s1. The molecule has 3 rings (SSSR count). The Balaban J connectivity index is 1.99. The predicted molar refractivity (Wildman–Crippen MR) is 108 cm³/mol. The average molecular weight is 389 g/mol. The summed E-state index contributed by atoms with van der Waals surface area (Å²) in [5.74, 6) is 0.303. The lowest BCUT2D eigenvalue weighted by Crippen LogP contribution is -2.38. The second-order valence-corrected chi connectivity index (χ2v) is 8.93. The van der Waals surface area contributed by atoms with Gasteiger partial charge in [0.1, 0.15) is 11.5 Å². The highest BCUT2D eigenvalue weighted by molar-refractivity contribution is 7.08. The van der Waals surface area contributed by atoms with Gasteiger partial charge in [-0.15, -0.1) is 0 Å². The van der Waals surface area contributed by atoms with Gasteiger partial charge in [0.05, 0.1) is 11.6 Å². The minimum absolute atomic E-state index is 0.0647. The number of hydrogen-bond acceptors (Lipinski definition) is 5. The van der Waals surface area contributed by atoms with Crippen LogP contribution in [-0.4, -0.2) is 34.8 Å². The van der Waals surface area contributed by atoms with Gasteiger partial charge in [0.25, 0.3) is 0 Å². The van der Waals surface area contributed by atoms with Crippen molar-refractivity contribution < 1.29 is 9.59 Å². The minimum Gasteiger partial charge on any atom is -0.359 e. The van der Waals surface area contributed by atoms with Crippen molar-refractivity contribution in [3.63, 3.8) is 0 Å². The third-order valence-corrected chi connectivity index (χ3v) is 6.10. The number of rotatable bonds is 5. The molecule has 1 atom stereocenters. The Labute approximate surface area is 164 Å². The van der Waals surface area contributed by atoms with Crippen LogP contribution in [0, 0.1) is 18.3 Å². The van der Waals surface area contributed by atoms with Crippen LogP contribution >= 0.6 is 11.3 Å². The fraction of sp³-hybridized carbons (Fsp3) is 0.550. The highest BCUT2D eigenvalue weighted by Gasteiger charge is 2.35. The van der Waals surface area contributed by atoms with Gasteiger partial charge < -0.3 is 15.2 Å². The number of nitrogens with zero attached hydrogens (tertiary/aromatic N) is 2. The van der Waals surface area contributed by atoms with E-state index in [1.165, 1.54) is 5.56 Å².